The zero-order valence-electron chi connectivity index (χ0n) is 20.3. The molecule has 1 atom stereocenters. The fourth-order valence-corrected chi connectivity index (χ4v) is 1.65. The Morgan fingerprint density at radius 2 is 1.20 bits per heavy atom. The van der Waals surface area contributed by atoms with E-state index in [2.05, 4.69) is 75.0 Å². The molecule has 1 aliphatic carbocycles. The third-order valence-corrected chi connectivity index (χ3v) is 4.37. The zero-order chi connectivity index (χ0) is 20.7. The average Bonchev–Trinajstić information content (AvgIpc) is 2.56. The maximum atomic E-state index is 3.68. The third-order valence-electron chi connectivity index (χ3n) is 4.37. The Kier molecular flexibility index (Phi) is 37.0. The van der Waals surface area contributed by atoms with E-state index in [0.29, 0.717) is 0 Å². The number of unbranched alkanes of at least 4 members (excludes halogenated alkanes) is 1. The zero-order valence-corrected chi connectivity index (χ0v) is 20.3. The second-order valence-corrected chi connectivity index (χ2v) is 7.87. The van der Waals surface area contributed by atoms with Gasteiger partial charge in [0.2, 0.25) is 0 Å². The maximum Gasteiger partial charge on any atom is -0.0236 e. The second-order valence-electron chi connectivity index (χ2n) is 7.87. The van der Waals surface area contributed by atoms with Gasteiger partial charge >= 0.3 is 0 Å². The molecule has 156 valence electrons. The van der Waals surface area contributed by atoms with Crippen molar-refractivity contribution in [2.75, 3.05) is 0 Å². The lowest BCUT2D eigenvalue weighted by Crippen LogP contribution is -2.05. The van der Waals surface area contributed by atoms with E-state index in [1.54, 1.807) is 0 Å². The summed E-state index contributed by atoms with van der Waals surface area (Å²) in [6.07, 6.45) is 12.9. The van der Waals surface area contributed by atoms with Crippen LogP contribution in [0.4, 0.5) is 0 Å². The molecule has 0 aliphatic heterocycles. The van der Waals surface area contributed by atoms with Crippen LogP contribution in [0.1, 0.15) is 128 Å². The van der Waals surface area contributed by atoms with Gasteiger partial charge < -0.3 is 0 Å². The Hall–Kier alpha value is -0.260. The molecule has 0 heteroatoms. The number of hydrogen-bond donors (Lipinski definition) is 0. The van der Waals surface area contributed by atoms with Crippen LogP contribution in [0.2, 0.25) is 0 Å². The Morgan fingerprint density at radius 1 is 0.800 bits per heavy atom. The van der Waals surface area contributed by atoms with Gasteiger partial charge in [0.25, 0.3) is 0 Å². The summed E-state index contributed by atoms with van der Waals surface area (Å²) in [7, 11) is 0. The molecule has 0 aromatic rings. The summed E-state index contributed by atoms with van der Waals surface area (Å²) in [6.45, 7) is 27.8. The minimum absolute atomic E-state index is 0.880. The first kappa shape index (κ1) is 32.4. The smallest absolute Gasteiger partial charge is 0.0236 e. The normalized spacial score (nSPS) is 13.5. The van der Waals surface area contributed by atoms with E-state index < -0.39 is 0 Å². The molecule has 0 amide bonds. The van der Waals surface area contributed by atoms with Gasteiger partial charge in [-0.05, 0) is 42.9 Å². The van der Waals surface area contributed by atoms with Crippen LogP contribution in [0.5, 0.6) is 0 Å². The monoisotopic (exact) mass is 356 g/mol. The molecule has 1 rings (SSSR count). The number of allylic oxidation sites excluding steroid dienone is 1. The van der Waals surface area contributed by atoms with Crippen LogP contribution < -0.4 is 0 Å². The molecule has 0 radical (unpaired) electrons. The SMILES string of the molecule is C=CC1CCC1.CC.CCC(C)C.CCC(C)CC(C)C.CCCC. The minimum Gasteiger partial charge on any atom is -0.103 e. The molecule has 25 heavy (non-hydrogen) atoms. The predicted octanol–water partition coefficient (Wildman–Crippen LogP) is 9.94. The van der Waals surface area contributed by atoms with Crippen molar-refractivity contribution in [3.63, 3.8) is 0 Å². The summed E-state index contributed by atoms with van der Waals surface area (Å²) in [5.41, 5.74) is 0. The molecule has 1 unspecified atom stereocenters. The van der Waals surface area contributed by atoms with Gasteiger partial charge in [-0.1, -0.05) is 114 Å². The third kappa shape index (κ3) is 40.0. The van der Waals surface area contributed by atoms with Crippen LogP contribution in [-0.2, 0) is 0 Å². The Labute approximate surface area is 164 Å². The first-order valence-electron chi connectivity index (χ1n) is 11.4. The number of hydrogen-bond acceptors (Lipinski definition) is 0. The summed E-state index contributed by atoms with van der Waals surface area (Å²) in [5, 5.41) is 0. The molecular weight excluding hydrogens is 300 g/mol. The fourth-order valence-electron chi connectivity index (χ4n) is 1.65. The molecule has 0 bridgehead atoms. The summed E-state index contributed by atoms with van der Waals surface area (Å²) in [5.74, 6) is 3.57. The van der Waals surface area contributed by atoms with Gasteiger partial charge in [-0.2, -0.15) is 0 Å². The van der Waals surface area contributed by atoms with Crippen molar-refractivity contribution < 1.29 is 0 Å². The molecule has 0 aromatic carbocycles. The molecular formula is C25H56. The molecule has 0 nitrogen and oxygen atoms in total. The van der Waals surface area contributed by atoms with Crippen LogP contribution in [0.25, 0.3) is 0 Å². The van der Waals surface area contributed by atoms with Gasteiger partial charge in [-0.3, -0.25) is 0 Å². The van der Waals surface area contributed by atoms with Crippen LogP contribution in [0.15, 0.2) is 12.7 Å². The summed E-state index contributed by atoms with van der Waals surface area (Å²) >= 11 is 0. The molecule has 1 saturated carbocycles. The van der Waals surface area contributed by atoms with E-state index in [4.69, 9.17) is 0 Å². The lowest BCUT2D eigenvalue weighted by atomic mass is 9.86. The van der Waals surface area contributed by atoms with Crippen molar-refractivity contribution in [3.8, 4) is 0 Å². The molecule has 0 N–H and O–H groups in total. The predicted molar refractivity (Wildman–Crippen MR) is 124 cm³/mol. The highest BCUT2D eigenvalue weighted by molar-refractivity contribution is 4.84. The lowest BCUT2D eigenvalue weighted by molar-refractivity contribution is 0.388. The lowest BCUT2D eigenvalue weighted by Gasteiger charge is -2.20. The largest absolute Gasteiger partial charge is 0.103 e. The van der Waals surface area contributed by atoms with Crippen LogP contribution in [0.3, 0.4) is 0 Å². The first-order valence-corrected chi connectivity index (χ1v) is 11.4. The van der Waals surface area contributed by atoms with Crippen LogP contribution >= 0.6 is 0 Å². The highest BCUT2D eigenvalue weighted by Crippen LogP contribution is 2.26. The second kappa shape index (κ2) is 28.5. The molecule has 1 fully saturated rings. The van der Waals surface area contributed by atoms with Crippen molar-refractivity contribution in [3.05, 3.63) is 12.7 Å². The topological polar surface area (TPSA) is 0 Å². The standard InChI is InChI=1S/C8H18.C6H10.C5H12.C4H10.C2H6/c1-5-8(4)6-7(2)3;1-2-6-4-3-5-6;1-4-5(2)3;1-3-4-2;1-2/h7-8H,5-6H2,1-4H3;2,6H,1,3-5H2;5H,4H2,1-3H3;3-4H2,1-2H3;1-2H3. The van der Waals surface area contributed by atoms with E-state index in [-0.39, 0.29) is 0 Å². The van der Waals surface area contributed by atoms with E-state index in [0.717, 1.165) is 23.7 Å². The van der Waals surface area contributed by atoms with Crippen LogP contribution in [-0.4, -0.2) is 0 Å². The minimum atomic E-state index is 0.880. The highest BCUT2D eigenvalue weighted by atomic mass is 14.2. The van der Waals surface area contributed by atoms with E-state index >= 15 is 0 Å². The average molecular weight is 357 g/mol. The molecule has 1 aliphatic rings. The summed E-state index contributed by atoms with van der Waals surface area (Å²) in [6, 6.07) is 0. The van der Waals surface area contributed by atoms with Gasteiger partial charge in [0.05, 0.1) is 0 Å². The Bertz CT molecular complexity index is 196. The van der Waals surface area contributed by atoms with Crippen molar-refractivity contribution in [1.82, 2.24) is 0 Å². The Morgan fingerprint density at radius 3 is 1.24 bits per heavy atom. The van der Waals surface area contributed by atoms with E-state index in [9.17, 15) is 0 Å². The first-order chi connectivity index (χ1) is 11.8. The van der Waals surface area contributed by atoms with Gasteiger partial charge in [0, 0.05) is 0 Å². The van der Waals surface area contributed by atoms with Gasteiger partial charge in [-0.15, -0.1) is 6.58 Å². The fraction of sp³-hybridized carbons (Fsp3) is 0.920. The van der Waals surface area contributed by atoms with Gasteiger partial charge in [0.1, 0.15) is 0 Å². The van der Waals surface area contributed by atoms with Gasteiger partial charge in [-0.25, -0.2) is 0 Å². The molecule has 0 spiro atoms. The van der Waals surface area contributed by atoms with E-state index in [1.165, 1.54) is 51.4 Å². The molecule has 0 aromatic heterocycles. The van der Waals surface area contributed by atoms with Crippen molar-refractivity contribution in [2.45, 2.75) is 128 Å². The highest BCUT2D eigenvalue weighted by Gasteiger charge is 2.11. The van der Waals surface area contributed by atoms with Crippen molar-refractivity contribution in [2.24, 2.45) is 23.7 Å². The summed E-state index contributed by atoms with van der Waals surface area (Å²) in [4.78, 5) is 0. The van der Waals surface area contributed by atoms with Gasteiger partial charge in [0.15, 0.2) is 0 Å². The molecule has 0 saturated heterocycles. The number of rotatable bonds is 6. The van der Waals surface area contributed by atoms with Crippen LogP contribution in [0, 0.1) is 23.7 Å². The molecule has 0 heterocycles. The Balaban J connectivity index is -0.000000117. The summed E-state index contributed by atoms with van der Waals surface area (Å²) < 4.78 is 0. The maximum absolute atomic E-state index is 3.68. The van der Waals surface area contributed by atoms with Crippen molar-refractivity contribution >= 4 is 0 Å². The quantitative estimate of drug-likeness (QED) is 0.415. The van der Waals surface area contributed by atoms with Crippen molar-refractivity contribution in [1.29, 1.82) is 0 Å². The van der Waals surface area contributed by atoms with E-state index in [1.807, 2.05) is 13.8 Å².